The van der Waals surface area contributed by atoms with Crippen molar-refractivity contribution in [3.05, 3.63) is 71.3 Å². The first-order valence-corrected chi connectivity index (χ1v) is 8.38. The fourth-order valence-corrected chi connectivity index (χ4v) is 2.92. The zero-order valence-electron chi connectivity index (χ0n) is 14.3. The van der Waals surface area contributed by atoms with E-state index in [-0.39, 0.29) is 30.6 Å². The van der Waals surface area contributed by atoms with Gasteiger partial charge in [0.2, 0.25) is 0 Å². The molecule has 7 nitrogen and oxygen atoms in total. The topological polar surface area (TPSA) is 101 Å². The number of ether oxygens (including phenoxy) is 1. The van der Waals surface area contributed by atoms with Crippen LogP contribution in [0.1, 0.15) is 39.1 Å². The lowest BCUT2D eigenvalue weighted by atomic mass is 10.1. The summed E-state index contributed by atoms with van der Waals surface area (Å²) in [4.78, 5) is 49.1. The lowest BCUT2D eigenvalue weighted by Gasteiger charge is -2.22. The number of carboxylic acid groups (broad SMARTS) is 1. The van der Waals surface area contributed by atoms with Crippen molar-refractivity contribution >= 4 is 23.8 Å². The van der Waals surface area contributed by atoms with Gasteiger partial charge < -0.3 is 9.84 Å². The lowest BCUT2D eigenvalue weighted by molar-refractivity contribution is -0.146. The van der Waals surface area contributed by atoms with E-state index < -0.39 is 29.8 Å². The third-order valence-corrected chi connectivity index (χ3v) is 4.29. The van der Waals surface area contributed by atoms with Crippen molar-refractivity contribution in [3.8, 4) is 0 Å². The van der Waals surface area contributed by atoms with Gasteiger partial charge in [0.05, 0.1) is 11.1 Å². The highest BCUT2D eigenvalue weighted by Crippen LogP contribution is 2.26. The van der Waals surface area contributed by atoms with Crippen molar-refractivity contribution in [1.82, 2.24) is 4.90 Å². The molecule has 2 aromatic rings. The number of hydrogen-bond acceptors (Lipinski definition) is 5. The fraction of sp³-hybridized carbons (Fsp3) is 0.200. The number of esters is 1. The summed E-state index contributed by atoms with van der Waals surface area (Å²) in [6.45, 7) is 0.0738. The molecular formula is C20H17NO6. The first kappa shape index (κ1) is 18.3. The number of carboxylic acids is 1. The summed E-state index contributed by atoms with van der Waals surface area (Å²) in [5.41, 5.74) is 1.14. The van der Waals surface area contributed by atoms with Gasteiger partial charge in [0, 0.05) is 6.42 Å². The number of carbonyl (C=O) groups is 4. The van der Waals surface area contributed by atoms with Crippen molar-refractivity contribution in [1.29, 1.82) is 0 Å². The van der Waals surface area contributed by atoms with Gasteiger partial charge >= 0.3 is 11.9 Å². The summed E-state index contributed by atoms with van der Waals surface area (Å²) in [6.07, 6.45) is -0.439. The van der Waals surface area contributed by atoms with Gasteiger partial charge in [-0.25, -0.2) is 4.79 Å². The van der Waals surface area contributed by atoms with Gasteiger partial charge in [-0.3, -0.25) is 19.3 Å². The summed E-state index contributed by atoms with van der Waals surface area (Å²) >= 11 is 0. The van der Waals surface area contributed by atoms with Gasteiger partial charge in [-0.2, -0.15) is 0 Å². The fourth-order valence-electron chi connectivity index (χ4n) is 2.92. The van der Waals surface area contributed by atoms with Crippen LogP contribution in [0.25, 0.3) is 0 Å². The molecule has 2 amide bonds. The number of carbonyl (C=O) groups excluding carboxylic acids is 3. The molecule has 0 radical (unpaired) electrons. The van der Waals surface area contributed by atoms with E-state index in [1.165, 1.54) is 12.1 Å². The van der Waals surface area contributed by atoms with E-state index >= 15 is 0 Å². The Morgan fingerprint density at radius 3 is 2.04 bits per heavy atom. The first-order valence-electron chi connectivity index (χ1n) is 8.38. The number of hydrogen-bond donors (Lipinski definition) is 1. The van der Waals surface area contributed by atoms with E-state index in [0.717, 1.165) is 5.56 Å². The van der Waals surface area contributed by atoms with Crippen LogP contribution in [0.5, 0.6) is 0 Å². The predicted molar refractivity (Wildman–Crippen MR) is 93.8 cm³/mol. The molecule has 0 saturated heterocycles. The highest BCUT2D eigenvalue weighted by molar-refractivity contribution is 6.22. The van der Waals surface area contributed by atoms with Crippen LogP contribution in [0.4, 0.5) is 0 Å². The van der Waals surface area contributed by atoms with Gasteiger partial charge in [0.25, 0.3) is 11.8 Å². The summed E-state index contributed by atoms with van der Waals surface area (Å²) in [5.74, 6) is -3.27. The van der Waals surface area contributed by atoms with Gasteiger partial charge in [0.1, 0.15) is 12.6 Å². The third-order valence-electron chi connectivity index (χ3n) is 4.29. The van der Waals surface area contributed by atoms with Crippen LogP contribution < -0.4 is 0 Å². The van der Waals surface area contributed by atoms with E-state index in [1.54, 1.807) is 24.3 Å². The van der Waals surface area contributed by atoms with Crippen molar-refractivity contribution in [2.75, 3.05) is 0 Å². The molecule has 0 bridgehead atoms. The lowest BCUT2D eigenvalue weighted by Crippen LogP contribution is -2.45. The van der Waals surface area contributed by atoms with Crippen LogP contribution in [0.2, 0.25) is 0 Å². The van der Waals surface area contributed by atoms with Gasteiger partial charge in [-0.1, -0.05) is 42.5 Å². The summed E-state index contributed by atoms with van der Waals surface area (Å²) in [6, 6.07) is 13.8. The summed E-state index contributed by atoms with van der Waals surface area (Å²) < 4.78 is 5.12. The van der Waals surface area contributed by atoms with Crippen molar-refractivity contribution in [3.63, 3.8) is 0 Å². The van der Waals surface area contributed by atoms with Crippen molar-refractivity contribution in [2.24, 2.45) is 0 Å². The SMILES string of the molecule is O=C(CC[C@@H](C(=O)O)N1C(=O)c2ccccc2C1=O)OCc1ccccc1. The monoisotopic (exact) mass is 367 g/mol. The van der Waals surface area contributed by atoms with Crippen LogP contribution in [0.15, 0.2) is 54.6 Å². The normalized spacial score (nSPS) is 14.0. The highest BCUT2D eigenvalue weighted by atomic mass is 16.5. The zero-order valence-corrected chi connectivity index (χ0v) is 14.3. The van der Waals surface area contributed by atoms with Gasteiger partial charge in [0.15, 0.2) is 0 Å². The van der Waals surface area contributed by atoms with Gasteiger partial charge in [-0.05, 0) is 24.1 Å². The molecule has 0 aromatic heterocycles. The van der Waals surface area contributed by atoms with Crippen molar-refractivity contribution in [2.45, 2.75) is 25.5 Å². The van der Waals surface area contributed by atoms with E-state index in [9.17, 15) is 24.3 Å². The molecule has 0 saturated carbocycles. The second-order valence-electron chi connectivity index (χ2n) is 6.06. The van der Waals surface area contributed by atoms with Gasteiger partial charge in [-0.15, -0.1) is 0 Å². The molecule has 3 rings (SSSR count). The summed E-state index contributed by atoms with van der Waals surface area (Å²) in [5, 5.41) is 9.47. The smallest absolute Gasteiger partial charge is 0.326 e. The molecule has 1 aliphatic heterocycles. The molecule has 0 unspecified atom stereocenters. The van der Waals surface area contributed by atoms with E-state index in [1.807, 2.05) is 18.2 Å². The predicted octanol–water partition coefficient (Wildman–Crippen LogP) is 2.26. The van der Waals surface area contributed by atoms with Crippen molar-refractivity contribution < 1.29 is 29.0 Å². The minimum atomic E-state index is -1.43. The second kappa shape index (κ2) is 7.82. The quantitative estimate of drug-likeness (QED) is 0.595. The Morgan fingerprint density at radius 1 is 0.926 bits per heavy atom. The molecule has 138 valence electrons. The summed E-state index contributed by atoms with van der Waals surface area (Å²) in [7, 11) is 0. The second-order valence-corrected chi connectivity index (χ2v) is 6.06. The number of imide groups is 1. The molecule has 27 heavy (non-hydrogen) atoms. The first-order chi connectivity index (χ1) is 13.0. The van der Waals surface area contributed by atoms with E-state index in [0.29, 0.717) is 4.90 Å². The standard InChI is InChI=1S/C20H17NO6/c22-17(27-12-13-6-2-1-3-7-13)11-10-16(20(25)26)21-18(23)14-8-4-5-9-15(14)19(21)24/h1-9,16H,10-12H2,(H,25,26)/t16-/m0/s1. The Bertz CT molecular complexity index is 857. The number of benzene rings is 2. The minimum absolute atomic E-state index is 0.0738. The maximum absolute atomic E-state index is 12.4. The number of amides is 2. The average Bonchev–Trinajstić information content (AvgIpc) is 2.92. The Kier molecular flexibility index (Phi) is 5.30. The van der Waals surface area contributed by atoms with Crippen LogP contribution >= 0.6 is 0 Å². The molecule has 2 aromatic carbocycles. The van der Waals surface area contributed by atoms with Crippen LogP contribution in [0, 0.1) is 0 Å². The Morgan fingerprint density at radius 2 is 1.48 bits per heavy atom. The molecule has 0 fully saturated rings. The molecule has 1 aliphatic rings. The minimum Gasteiger partial charge on any atom is -0.480 e. The number of fused-ring (bicyclic) bond motifs is 1. The third kappa shape index (κ3) is 3.87. The Hall–Kier alpha value is -3.48. The molecular weight excluding hydrogens is 350 g/mol. The molecule has 1 atom stereocenters. The Balaban J connectivity index is 1.63. The number of rotatable bonds is 7. The molecule has 1 heterocycles. The highest BCUT2D eigenvalue weighted by Gasteiger charge is 2.42. The largest absolute Gasteiger partial charge is 0.480 e. The van der Waals surface area contributed by atoms with Crippen LogP contribution in [-0.2, 0) is 20.9 Å². The van der Waals surface area contributed by atoms with E-state index in [4.69, 9.17) is 4.74 Å². The maximum Gasteiger partial charge on any atom is 0.326 e. The van der Waals surface area contributed by atoms with Crippen LogP contribution in [0.3, 0.4) is 0 Å². The number of aliphatic carboxylic acids is 1. The molecule has 1 N–H and O–H groups in total. The van der Waals surface area contributed by atoms with E-state index in [2.05, 4.69) is 0 Å². The molecule has 7 heteroatoms. The molecule has 0 spiro atoms. The average molecular weight is 367 g/mol. The Labute approximate surface area is 155 Å². The molecule has 0 aliphatic carbocycles. The maximum atomic E-state index is 12.4. The zero-order chi connectivity index (χ0) is 19.4. The van der Waals surface area contributed by atoms with Crippen LogP contribution in [-0.4, -0.2) is 39.8 Å². The number of nitrogens with zero attached hydrogens (tertiary/aromatic N) is 1.